The predicted octanol–water partition coefficient (Wildman–Crippen LogP) is 2.78. The molecule has 2 rings (SSSR count). The van der Waals surface area contributed by atoms with Crippen molar-refractivity contribution < 1.29 is 17.9 Å². The van der Waals surface area contributed by atoms with Crippen molar-refractivity contribution in [2.24, 2.45) is 5.73 Å². The SMILES string of the molecule is CC1OCCC1N(C)c1ccc(C(F)(F)F)cc1CN. The van der Waals surface area contributed by atoms with Crippen LogP contribution in [-0.4, -0.2) is 25.8 Å². The fourth-order valence-electron chi connectivity index (χ4n) is 2.68. The lowest BCUT2D eigenvalue weighted by Gasteiger charge is -2.30. The summed E-state index contributed by atoms with van der Waals surface area (Å²) < 4.78 is 43.7. The Balaban J connectivity index is 2.32. The molecule has 0 bridgehead atoms. The van der Waals surface area contributed by atoms with Gasteiger partial charge in [0.05, 0.1) is 17.7 Å². The van der Waals surface area contributed by atoms with Gasteiger partial charge in [0.25, 0.3) is 0 Å². The van der Waals surface area contributed by atoms with E-state index in [9.17, 15) is 13.2 Å². The minimum Gasteiger partial charge on any atom is -0.376 e. The highest BCUT2D eigenvalue weighted by molar-refractivity contribution is 5.56. The van der Waals surface area contributed by atoms with Crippen LogP contribution in [-0.2, 0) is 17.5 Å². The first-order chi connectivity index (χ1) is 9.34. The molecule has 3 nitrogen and oxygen atoms in total. The van der Waals surface area contributed by atoms with Gasteiger partial charge in [-0.15, -0.1) is 0 Å². The van der Waals surface area contributed by atoms with E-state index in [0.717, 1.165) is 24.2 Å². The van der Waals surface area contributed by atoms with Crippen LogP contribution in [0.2, 0.25) is 0 Å². The molecule has 1 fully saturated rings. The summed E-state index contributed by atoms with van der Waals surface area (Å²) in [5.41, 5.74) is 6.19. The van der Waals surface area contributed by atoms with Crippen LogP contribution in [0.25, 0.3) is 0 Å². The minimum absolute atomic E-state index is 0.0629. The summed E-state index contributed by atoms with van der Waals surface area (Å²) in [5, 5.41) is 0. The molecule has 1 heterocycles. The molecule has 0 aliphatic carbocycles. The lowest BCUT2D eigenvalue weighted by atomic mass is 10.0. The lowest BCUT2D eigenvalue weighted by molar-refractivity contribution is -0.137. The van der Waals surface area contributed by atoms with E-state index in [2.05, 4.69) is 0 Å². The number of benzene rings is 1. The largest absolute Gasteiger partial charge is 0.416 e. The molecule has 1 aromatic carbocycles. The molecule has 2 atom stereocenters. The summed E-state index contributed by atoms with van der Waals surface area (Å²) in [6, 6.07) is 3.89. The molecule has 0 saturated carbocycles. The van der Waals surface area contributed by atoms with Crippen LogP contribution < -0.4 is 10.6 Å². The van der Waals surface area contributed by atoms with Gasteiger partial charge in [0.1, 0.15) is 0 Å². The van der Waals surface area contributed by atoms with Gasteiger partial charge in [0.15, 0.2) is 0 Å². The van der Waals surface area contributed by atoms with E-state index in [-0.39, 0.29) is 18.7 Å². The Morgan fingerprint density at radius 3 is 2.60 bits per heavy atom. The Labute approximate surface area is 116 Å². The molecule has 1 aliphatic rings. The monoisotopic (exact) mass is 288 g/mol. The van der Waals surface area contributed by atoms with E-state index in [4.69, 9.17) is 10.5 Å². The third kappa shape index (κ3) is 2.91. The van der Waals surface area contributed by atoms with Gasteiger partial charge in [-0.2, -0.15) is 13.2 Å². The molecular formula is C14H19F3N2O. The number of nitrogens with two attached hydrogens (primary N) is 1. The van der Waals surface area contributed by atoms with Crippen LogP contribution in [0.4, 0.5) is 18.9 Å². The minimum atomic E-state index is -4.34. The zero-order chi connectivity index (χ0) is 14.9. The highest BCUT2D eigenvalue weighted by atomic mass is 19.4. The van der Waals surface area contributed by atoms with Gasteiger partial charge in [-0.3, -0.25) is 0 Å². The summed E-state index contributed by atoms with van der Waals surface area (Å²) in [7, 11) is 1.87. The number of ether oxygens (including phenoxy) is 1. The molecule has 20 heavy (non-hydrogen) atoms. The highest BCUT2D eigenvalue weighted by Gasteiger charge is 2.33. The maximum absolute atomic E-state index is 12.7. The average molecular weight is 288 g/mol. The molecule has 0 spiro atoms. The topological polar surface area (TPSA) is 38.5 Å². The Morgan fingerprint density at radius 1 is 1.40 bits per heavy atom. The molecule has 1 aromatic rings. The van der Waals surface area contributed by atoms with Crippen LogP contribution in [0.1, 0.15) is 24.5 Å². The molecule has 6 heteroatoms. The molecule has 2 N–H and O–H groups in total. The van der Waals surface area contributed by atoms with E-state index >= 15 is 0 Å². The number of anilines is 1. The van der Waals surface area contributed by atoms with Crippen LogP contribution in [0.3, 0.4) is 0 Å². The Bertz CT molecular complexity index is 476. The zero-order valence-corrected chi connectivity index (χ0v) is 11.6. The first-order valence-electron chi connectivity index (χ1n) is 6.59. The zero-order valence-electron chi connectivity index (χ0n) is 11.6. The number of hydrogen-bond donors (Lipinski definition) is 1. The number of hydrogen-bond acceptors (Lipinski definition) is 3. The molecule has 112 valence electrons. The van der Waals surface area contributed by atoms with Crippen molar-refractivity contribution in [1.29, 1.82) is 0 Å². The van der Waals surface area contributed by atoms with E-state index in [1.807, 2.05) is 18.9 Å². The van der Waals surface area contributed by atoms with Crippen molar-refractivity contribution in [3.05, 3.63) is 29.3 Å². The van der Waals surface area contributed by atoms with Crippen LogP contribution in [0.5, 0.6) is 0 Å². The fraction of sp³-hybridized carbons (Fsp3) is 0.571. The van der Waals surface area contributed by atoms with E-state index in [1.54, 1.807) is 0 Å². The summed E-state index contributed by atoms with van der Waals surface area (Å²) in [4.78, 5) is 1.97. The first kappa shape index (κ1) is 15.1. The number of nitrogens with zero attached hydrogens (tertiary/aromatic N) is 1. The van der Waals surface area contributed by atoms with Gasteiger partial charge in [-0.25, -0.2) is 0 Å². The van der Waals surface area contributed by atoms with Gasteiger partial charge in [0, 0.05) is 25.9 Å². The molecule has 2 unspecified atom stereocenters. The Hall–Kier alpha value is -1.27. The van der Waals surface area contributed by atoms with Crippen LogP contribution in [0.15, 0.2) is 18.2 Å². The molecule has 0 radical (unpaired) electrons. The fourth-order valence-corrected chi connectivity index (χ4v) is 2.68. The van der Waals surface area contributed by atoms with Gasteiger partial charge < -0.3 is 15.4 Å². The van der Waals surface area contributed by atoms with Crippen LogP contribution >= 0.6 is 0 Å². The number of rotatable bonds is 3. The molecular weight excluding hydrogens is 269 g/mol. The van der Waals surface area contributed by atoms with E-state index in [1.165, 1.54) is 6.07 Å². The van der Waals surface area contributed by atoms with Crippen molar-refractivity contribution >= 4 is 5.69 Å². The normalized spacial score (nSPS) is 23.1. The number of alkyl halides is 3. The maximum Gasteiger partial charge on any atom is 0.416 e. The standard InChI is InChI=1S/C14H19F3N2O/c1-9-12(5-6-20-9)19(2)13-4-3-11(14(15,16)17)7-10(13)8-18/h3-4,7,9,12H,5-6,8,18H2,1-2H3. The summed E-state index contributed by atoms with van der Waals surface area (Å²) >= 11 is 0. The second-order valence-electron chi connectivity index (χ2n) is 5.09. The van der Waals surface area contributed by atoms with E-state index in [0.29, 0.717) is 12.2 Å². The molecule has 1 saturated heterocycles. The lowest BCUT2D eigenvalue weighted by Crippen LogP contribution is -2.37. The van der Waals surface area contributed by atoms with Crippen molar-refractivity contribution in [1.82, 2.24) is 0 Å². The Morgan fingerprint density at radius 2 is 2.10 bits per heavy atom. The van der Waals surface area contributed by atoms with Crippen LogP contribution in [0, 0.1) is 0 Å². The summed E-state index contributed by atoms with van der Waals surface area (Å²) in [6.45, 7) is 2.72. The van der Waals surface area contributed by atoms with Gasteiger partial charge >= 0.3 is 6.18 Å². The smallest absolute Gasteiger partial charge is 0.376 e. The molecule has 0 aromatic heterocycles. The molecule has 1 aliphatic heterocycles. The average Bonchev–Trinajstić information content (AvgIpc) is 2.82. The second kappa shape index (κ2) is 5.61. The number of likely N-dealkylation sites (N-methyl/N-ethyl adjacent to an activating group) is 1. The summed E-state index contributed by atoms with van der Waals surface area (Å²) in [5.74, 6) is 0. The van der Waals surface area contributed by atoms with E-state index < -0.39 is 11.7 Å². The van der Waals surface area contributed by atoms with Gasteiger partial charge in [-0.1, -0.05) is 0 Å². The van der Waals surface area contributed by atoms with Gasteiger partial charge in [-0.05, 0) is 37.1 Å². The third-order valence-corrected chi connectivity index (χ3v) is 3.84. The van der Waals surface area contributed by atoms with Crippen molar-refractivity contribution in [2.45, 2.75) is 38.2 Å². The van der Waals surface area contributed by atoms with Crippen molar-refractivity contribution in [3.63, 3.8) is 0 Å². The quantitative estimate of drug-likeness (QED) is 0.929. The first-order valence-corrected chi connectivity index (χ1v) is 6.59. The van der Waals surface area contributed by atoms with Gasteiger partial charge in [0.2, 0.25) is 0 Å². The Kier molecular flexibility index (Phi) is 4.25. The van der Waals surface area contributed by atoms with Crippen molar-refractivity contribution in [3.8, 4) is 0 Å². The number of halogens is 3. The highest BCUT2D eigenvalue weighted by Crippen LogP contribution is 2.34. The summed E-state index contributed by atoms with van der Waals surface area (Å²) in [6.07, 6.45) is -3.42. The second-order valence-corrected chi connectivity index (χ2v) is 5.09. The maximum atomic E-state index is 12.7. The third-order valence-electron chi connectivity index (χ3n) is 3.84. The molecule has 0 amide bonds. The predicted molar refractivity (Wildman–Crippen MR) is 71.6 cm³/mol. The van der Waals surface area contributed by atoms with Crippen molar-refractivity contribution in [2.75, 3.05) is 18.6 Å².